The molecule has 4 nitrogen and oxygen atoms in total. The standard InChI is InChI=1S/C11H14N2O2/c12-11-6-5-9(13(14)15)7-10(11)8-3-1-2-4-8/h5-8H,1-4,12H2. The monoisotopic (exact) mass is 206 g/mol. The van der Waals surface area contributed by atoms with E-state index in [1.54, 1.807) is 12.1 Å². The van der Waals surface area contributed by atoms with Crippen LogP contribution in [0.25, 0.3) is 0 Å². The fourth-order valence-corrected chi connectivity index (χ4v) is 2.27. The average molecular weight is 206 g/mol. The number of nitrogens with two attached hydrogens (primary N) is 1. The van der Waals surface area contributed by atoms with Crippen LogP contribution in [-0.4, -0.2) is 4.92 Å². The minimum atomic E-state index is -0.363. The number of rotatable bonds is 2. The van der Waals surface area contributed by atoms with Gasteiger partial charge in [-0.05, 0) is 30.4 Å². The molecule has 1 aromatic rings. The SMILES string of the molecule is Nc1ccc([N+](=O)[O-])cc1C1CCCC1. The summed E-state index contributed by atoms with van der Waals surface area (Å²) in [6.45, 7) is 0. The highest BCUT2D eigenvalue weighted by molar-refractivity contribution is 5.54. The van der Waals surface area contributed by atoms with Crippen molar-refractivity contribution < 1.29 is 4.92 Å². The zero-order valence-corrected chi connectivity index (χ0v) is 8.48. The van der Waals surface area contributed by atoms with Crippen LogP contribution in [0.3, 0.4) is 0 Å². The Morgan fingerprint density at radius 2 is 2.00 bits per heavy atom. The van der Waals surface area contributed by atoms with Gasteiger partial charge >= 0.3 is 0 Å². The van der Waals surface area contributed by atoms with Crippen LogP contribution >= 0.6 is 0 Å². The van der Waals surface area contributed by atoms with Gasteiger partial charge in [0, 0.05) is 17.8 Å². The minimum absolute atomic E-state index is 0.145. The van der Waals surface area contributed by atoms with Crippen molar-refractivity contribution in [1.29, 1.82) is 0 Å². The number of nitro benzene ring substituents is 1. The summed E-state index contributed by atoms with van der Waals surface area (Å²) in [6, 6.07) is 4.74. The summed E-state index contributed by atoms with van der Waals surface area (Å²) in [5.41, 5.74) is 7.64. The molecule has 1 aliphatic carbocycles. The lowest BCUT2D eigenvalue weighted by Crippen LogP contribution is -2.00. The second-order valence-electron chi connectivity index (χ2n) is 4.05. The average Bonchev–Trinajstić information content (AvgIpc) is 2.71. The number of non-ortho nitro benzene ring substituents is 1. The summed E-state index contributed by atoms with van der Waals surface area (Å²) in [4.78, 5) is 10.3. The molecule has 2 rings (SSSR count). The van der Waals surface area contributed by atoms with E-state index in [0.29, 0.717) is 11.6 Å². The molecular formula is C11H14N2O2. The maximum Gasteiger partial charge on any atom is 0.269 e. The lowest BCUT2D eigenvalue weighted by molar-refractivity contribution is -0.384. The van der Waals surface area contributed by atoms with Crippen LogP contribution in [0.15, 0.2) is 18.2 Å². The Kier molecular flexibility index (Phi) is 2.58. The van der Waals surface area contributed by atoms with Crippen molar-refractivity contribution >= 4 is 11.4 Å². The summed E-state index contributed by atoms with van der Waals surface area (Å²) in [5.74, 6) is 0.421. The third-order valence-electron chi connectivity index (χ3n) is 3.08. The van der Waals surface area contributed by atoms with Crippen molar-refractivity contribution in [3.63, 3.8) is 0 Å². The molecule has 0 radical (unpaired) electrons. The van der Waals surface area contributed by atoms with Gasteiger partial charge in [-0.1, -0.05) is 12.8 Å². The van der Waals surface area contributed by atoms with Crippen molar-refractivity contribution in [2.75, 3.05) is 5.73 Å². The van der Waals surface area contributed by atoms with Crippen LogP contribution in [-0.2, 0) is 0 Å². The summed E-state index contributed by atoms with van der Waals surface area (Å²) < 4.78 is 0. The first-order chi connectivity index (χ1) is 7.18. The topological polar surface area (TPSA) is 69.2 Å². The van der Waals surface area contributed by atoms with Crippen molar-refractivity contribution in [2.24, 2.45) is 0 Å². The number of nitrogen functional groups attached to an aromatic ring is 1. The summed E-state index contributed by atoms with van der Waals surface area (Å²) in [5, 5.41) is 10.6. The fraction of sp³-hybridized carbons (Fsp3) is 0.455. The van der Waals surface area contributed by atoms with E-state index < -0.39 is 0 Å². The van der Waals surface area contributed by atoms with Crippen LogP contribution in [0, 0.1) is 10.1 Å². The summed E-state index contributed by atoms with van der Waals surface area (Å²) in [7, 11) is 0. The predicted molar refractivity (Wildman–Crippen MR) is 58.7 cm³/mol. The third-order valence-corrected chi connectivity index (χ3v) is 3.08. The summed E-state index contributed by atoms with van der Waals surface area (Å²) in [6.07, 6.45) is 4.61. The molecule has 15 heavy (non-hydrogen) atoms. The number of hydrogen-bond donors (Lipinski definition) is 1. The van der Waals surface area contributed by atoms with Crippen molar-refractivity contribution in [3.8, 4) is 0 Å². The molecule has 0 heterocycles. The maximum absolute atomic E-state index is 10.6. The van der Waals surface area contributed by atoms with Gasteiger partial charge in [0.05, 0.1) is 4.92 Å². The van der Waals surface area contributed by atoms with Gasteiger partial charge in [0.2, 0.25) is 0 Å². The summed E-state index contributed by atoms with van der Waals surface area (Å²) >= 11 is 0. The lowest BCUT2D eigenvalue weighted by atomic mass is 9.95. The normalized spacial score (nSPS) is 16.8. The van der Waals surface area contributed by atoms with Gasteiger partial charge in [-0.15, -0.1) is 0 Å². The van der Waals surface area contributed by atoms with Crippen molar-refractivity contribution in [1.82, 2.24) is 0 Å². The van der Waals surface area contributed by atoms with Gasteiger partial charge in [-0.25, -0.2) is 0 Å². The first kappa shape index (κ1) is 9.96. The molecule has 1 saturated carbocycles. The molecule has 0 spiro atoms. The van der Waals surface area contributed by atoms with E-state index in [4.69, 9.17) is 5.73 Å². The van der Waals surface area contributed by atoms with Gasteiger partial charge in [0.1, 0.15) is 0 Å². The Hall–Kier alpha value is -1.58. The van der Waals surface area contributed by atoms with Crippen LogP contribution in [0.4, 0.5) is 11.4 Å². The Morgan fingerprint density at radius 1 is 1.33 bits per heavy atom. The molecule has 0 atom stereocenters. The van der Waals surface area contributed by atoms with Gasteiger partial charge in [0.15, 0.2) is 0 Å². The van der Waals surface area contributed by atoms with E-state index >= 15 is 0 Å². The third kappa shape index (κ3) is 1.93. The van der Waals surface area contributed by atoms with Crippen LogP contribution in [0.2, 0.25) is 0 Å². The van der Waals surface area contributed by atoms with Crippen LogP contribution < -0.4 is 5.73 Å². The molecule has 1 aliphatic rings. The smallest absolute Gasteiger partial charge is 0.269 e. The number of anilines is 1. The first-order valence-electron chi connectivity index (χ1n) is 5.22. The zero-order chi connectivity index (χ0) is 10.8. The van der Waals surface area contributed by atoms with E-state index in [0.717, 1.165) is 18.4 Å². The highest BCUT2D eigenvalue weighted by Crippen LogP contribution is 2.38. The number of hydrogen-bond acceptors (Lipinski definition) is 3. The molecule has 0 amide bonds. The van der Waals surface area contributed by atoms with E-state index in [1.165, 1.54) is 18.9 Å². The molecule has 80 valence electrons. The van der Waals surface area contributed by atoms with Gasteiger partial charge in [-0.2, -0.15) is 0 Å². The Balaban J connectivity index is 2.35. The molecule has 1 fully saturated rings. The van der Waals surface area contributed by atoms with E-state index in [-0.39, 0.29) is 10.6 Å². The lowest BCUT2D eigenvalue weighted by Gasteiger charge is -2.11. The molecule has 1 aromatic carbocycles. The number of nitrogens with zero attached hydrogens (tertiary/aromatic N) is 1. The maximum atomic E-state index is 10.6. The minimum Gasteiger partial charge on any atom is -0.398 e. The highest BCUT2D eigenvalue weighted by atomic mass is 16.6. The van der Waals surface area contributed by atoms with Crippen molar-refractivity contribution in [2.45, 2.75) is 31.6 Å². The zero-order valence-electron chi connectivity index (χ0n) is 8.48. The Morgan fingerprint density at radius 3 is 2.60 bits per heavy atom. The molecule has 0 aromatic heterocycles. The second-order valence-corrected chi connectivity index (χ2v) is 4.05. The van der Waals surface area contributed by atoms with Crippen LogP contribution in [0.5, 0.6) is 0 Å². The predicted octanol–water partition coefficient (Wildman–Crippen LogP) is 2.83. The largest absolute Gasteiger partial charge is 0.398 e. The molecule has 0 saturated heterocycles. The van der Waals surface area contributed by atoms with Crippen molar-refractivity contribution in [3.05, 3.63) is 33.9 Å². The van der Waals surface area contributed by atoms with Gasteiger partial charge in [0.25, 0.3) is 5.69 Å². The highest BCUT2D eigenvalue weighted by Gasteiger charge is 2.21. The fourth-order valence-electron chi connectivity index (χ4n) is 2.27. The Bertz CT molecular complexity index is 384. The van der Waals surface area contributed by atoms with Crippen LogP contribution in [0.1, 0.15) is 37.2 Å². The van der Waals surface area contributed by atoms with Gasteiger partial charge in [-0.3, -0.25) is 10.1 Å². The number of benzene rings is 1. The molecule has 0 unspecified atom stereocenters. The molecule has 2 N–H and O–H groups in total. The van der Waals surface area contributed by atoms with Gasteiger partial charge < -0.3 is 5.73 Å². The molecular weight excluding hydrogens is 192 g/mol. The Labute approximate surface area is 88.2 Å². The van der Waals surface area contributed by atoms with E-state index in [1.807, 2.05) is 0 Å². The number of nitro groups is 1. The molecule has 0 aliphatic heterocycles. The second kappa shape index (κ2) is 3.88. The van der Waals surface area contributed by atoms with E-state index in [9.17, 15) is 10.1 Å². The quantitative estimate of drug-likeness (QED) is 0.459. The van der Waals surface area contributed by atoms with E-state index in [2.05, 4.69) is 0 Å². The molecule has 4 heteroatoms. The first-order valence-corrected chi connectivity index (χ1v) is 5.22. The molecule has 0 bridgehead atoms.